The van der Waals surface area contributed by atoms with Crippen molar-refractivity contribution in [2.24, 2.45) is 0 Å². The highest BCUT2D eigenvalue weighted by atomic mass is 32.1. The summed E-state index contributed by atoms with van der Waals surface area (Å²) >= 11 is 1.42. The lowest BCUT2D eigenvalue weighted by Crippen LogP contribution is -2.09. The van der Waals surface area contributed by atoms with Crippen LogP contribution in [0.1, 0.15) is 23.8 Å². The number of aromatic nitrogens is 1. The Morgan fingerprint density at radius 1 is 1.75 bits per heavy atom. The number of Topliss-reactive ketones (excluding diaryl/α,β-unsaturated/α-hetero) is 1. The summed E-state index contributed by atoms with van der Waals surface area (Å²) in [5.74, 6) is -0.0373. The first-order chi connectivity index (χ1) is 5.84. The zero-order valence-electron chi connectivity index (χ0n) is 6.95. The van der Waals surface area contributed by atoms with E-state index < -0.39 is 0 Å². The number of hydrogen-bond acceptors (Lipinski definition) is 4. The van der Waals surface area contributed by atoms with Gasteiger partial charge in [-0.15, -0.1) is 11.3 Å². The van der Waals surface area contributed by atoms with Gasteiger partial charge in [-0.25, -0.2) is 4.98 Å². The van der Waals surface area contributed by atoms with Gasteiger partial charge >= 0.3 is 0 Å². The molecule has 0 N–H and O–H groups in total. The number of hydrogen-bond donors (Lipinski definition) is 0. The molecule has 12 heavy (non-hydrogen) atoms. The van der Waals surface area contributed by atoms with Crippen LogP contribution in [0.15, 0.2) is 10.9 Å². The molecule has 0 aromatic carbocycles. The molecule has 0 aliphatic carbocycles. The van der Waals surface area contributed by atoms with Crippen molar-refractivity contribution < 1.29 is 9.53 Å². The summed E-state index contributed by atoms with van der Waals surface area (Å²) in [5, 5.41) is 1.73. The van der Waals surface area contributed by atoms with Gasteiger partial charge in [0.2, 0.25) is 5.78 Å². The van der Waals surface area contributed by atoms with Gasteiger partial charge in [0, 0.05) is 12.0 Å². The SMILES string of the molecule is CCCOCC(=O)c1cscn1. The smallest absolute Gasteiger partial charge is 0.207 e. The molecule has 0 radical (unpaired) electrons. The van der Waals surface area contributed by atoms with Crippen LogP contribution in [0.2, 0.25) is 0 Å². The van der Waals surface area contributed by atoms with Crippen LogP contribution < -0.4 is 0 Å². The van der Waals surface area contributed by atoms with Gasteiger partial charge in [-0.1, -0.05) is 6.92 Å². The van der Waals surface area contributed by atoms with E-state index in [1.807, 2.05) is 6.92 Å². The zero-order valence-corrected chi connectivity index (χ0v) is 7.76. The highest BCUT2D eigenvalue weighted by molar-refractivity contribution is 7.07. The van der Waals surface area contributed by atoms with Gasteiger partial charge in [-0.3, -0.25) is 4.79 Å². The average molecular weight is 185 g/mol. The molecule has 1 rings (SSSR count). The Morgan fingerprint density at radius 2 is 2.58 bits per heavy atom. The summed E-state index contributed by atoms with van der Waals surface area (Å²) in [6.07, 6.45) is 0.935. The van der Waals surface area contributed by atoms with E-state index in [2.05, 4.69) is 4.98 Å². The molecule has 0 unspecified atom stereocenters. The number of ketones is 1. The lowest BCUT2D eigenvalue weighted by atomic mass is 10.3. The second-order valence-corrected chi connectivity index (χ2v) is 3.07. The molecule has 0 bridgehead atoms. The number of carbonyl (C=O) groups is 1. The maximum absolute atomic E-state index is 11.2. The minimum absolute atomic E-state index is 0.0373. The van der Waals surface area contributed by atoms with Crippen LogP contribution in [0.25, 0.3) is 0 Å². The molecule has 0 fully saturated rings. The van der Waals surface area contributed by atoms with Crippen LogP contribution in [-0.4, -0.2) is 24.0 Å². The van der Waals surface area contributed by atoms with Crippen LogP contribution >= 0.6 is 11.3 Å². The number of ether oxygens (including phenoxy) is 1. The van der Waals surface area contributed by atoms with Gasteiger partial charge in [0.15, 0.2) is 0 Å². The molecule has 0 saturated heterocycles. The normalized spacial score (nSPS) is 10.1. The molecular weight excluding hydrogens is 174 g/mol. The Bertz CT molecular complexity index is 233. The van der Waals surface area contributed by atoms with Crippen LogP contribution in [-0.2, 0) is 4.74 Å². The third kappa shape index (κ3) is 2.71. The maximum Gasteiger partial charge on any atom is 0.207 e. The van der Waals surface area contributed by atoms with Crippen molar-refractivity contribution in [1.29, 1.82) is 0 Å². The van der Waals surface area contributed by atoms with Gasteiger partial charge < -0.3 is 4.74 Å². The van der Waals surface area contributed by atoms with E-state index in [9.17, 15) is 4.79 Å². The second-order valence-electron chi connectivity index (χ2n) is 2.35. The van der Waals surface area contributed by atoms with Crippen molar-refractivity contribution in [2.75, 3.05) is 13.2 Å². The van der Waals surface area contributed by atoms with E-state index in [1.54, 1.807) is 10.9 Å². The first-order valence-electron chi connectivity index (χ1n) is 3.83. The molecule has 3 nitrogen and oxygen atoms in total. The lowest BCUT2D eigenvalue weighted by molar-refractivity contribution is 0.0757. The van der Waals surface area contributed by atoms with Crippen molar-refractivity contribution >= 4 is 17.1 Å². The Kier molecular flexibility index (Phi) is 3.90. The third-order valence-electron chi connectivity index (χ3n) is 1.30. The molecule has 0 saturated carbocycles. The molecule has 0 aliphatic heterocycles. The highest BCUT2D eigenvalue weighted by Crippen LogP contribution is 2.01. The molecule has 0 aliphatic rings. The fourth-order valence-corrected chi connectivity index (χ4v) is 1.29. The molecule has 0 amide bonds. The van der Waals surface area contributed by atoms with Crippen molar-refractivity contribution in [3.63, 3.8) is 0 Å². The quantitative estimate of drug-likeness (QED) is 0.518. The van der Waals surface area contributed by atoms with Crippen molar-refractivity contribution in [3.8, 4) is 0 Å². The molecule has 1 heterocycles. The molecule has 1 aromatic rings. The minimum Gasteiger partial charge on any atom is -0.373 e. The van der Waals surface area contributed by atoms with Crippen molar-refractivity contribution in [2.45, 2.75) is 13.3 Å². The predicted molar refractivity (Wildman–Crippen MR) is 47.6 cm³/mol. The summed E-state index contributed by atoms with van der Waals surface area (Å²) in [5.41, 5.74) is 2.16. The van der Waals surface area contributed by atoms with E-state index in [0.29, 0.717) is 12.3 Å². The van der Waals surface area contributed by atoms with Crippen molar-refractivity contribution in [1.82, 2.24) is 4.98 Å². The maximum atomic E-state index is 11.2. The molecule has 0 spiro atoms. The molecule has 4 heteroatoms. The van der Waals surface area contributed by atoms with Gasteiger partial charge in [-0.05, 0) is 6.42 Å². The topological polar surface area (TPSA) is 39.2 Å². The zero-order chi connectivity index (χ0) is 8.81. The van der Waals surface area contributed by atoms with Gasteiger partial charge in [0.1, 0.15) is 12.3 Å². The molecule has 1 aromatic heterocycles. The minimum atomic E-state index is -0.0373. The average Bonchev–Trinajstić information content (AvgIpc) is 2.56. The van der Waals surface area contributed by atoms with E-state index in [-0.39, 0.29) is 12.4 Å². The summed E-state index contributed by atoms with van der Waals surface area (Å²) in [4.78, 5) is 15.1. The summed E-state index contributed by atoms with van der Waals surface area (Å²) in [7, 11) is 0. The van der Waals surface area contributed by atoms with E-state index in [0.717, 1.165) is 6.42 Å². The highest BCUT2D eigenvalue weighted by Gasteiger charge is 2.06. The fourth-order valence-electron chi connectivity index (χ4n) is 0.733. The molecule has 0 atom stereocenters. The number of carbonyl (C=O) groups excluding carboxylic acids is 1. The monoisotopic (exact) mass is 185 g/mol. The Balaban J connectivity index is 2.30. The Labute approximate surface area is 75.4 Å². The van der Waals surface area contributed by atoms with Crippen LogP contribution in [0, 0.1) is 0 Å². The Hall–Kier alpha value is -0.740. The standard InChI is InChI=1S/C8H11NO2S/c1-2-3-11-4-8(10)7-5-12-6-9-7/h5-6H,2-4H2,1H3. The summed E-state index contributed by atoms with van der Waals surface area (Å²) in [6, 6.07) is 0. The van der Waals surface area contributed by atoms with E-state index in [1.165, 1.54) is 11.3 Å². The third-order valence-corrected chi connectivity index (χ3v) is 1.89. The van der Waals surface area contributed by atoms with E-state index >= 15 is 0 Å². The number of thiazole rings is 1. The lowest BCUT2D eigenvalue weighted by Gasteiger charge is -1.98. The summed E-state index contributed by atoms with van der Waals surface area (Å²) in [6.45, 7) is 2.79. The second kappa shape index (κ2) is 5.00. The van der Waals surface area contributed by atoms with Crippen LogP contribution in [0.5, 0.6) is 0 Å². The first-order valence-corrected chi connectivity index (χ1v) is 4.78. The summed E-state index contributed by atoms with van der Waals surface area (Å²) < 4.78 is 5.08. The van der Waals surface area contributed by atoms with E-state index in [4.69, 9.17) is 4.74 Å². The molecular formula is C8H11NO2S. The van der Waals surface area contributed by atoms with Crippen molar-refractivity contribution in [3.05, 3.63) is 16.6 Å². The van der Waals surface area contributed by atoms with Crippen LogP contribution in [0.4, 0.5) is 0 Å². The number of rotatable bonds is 5. The van der Waals surface area contributed by atoms with Crippen LogP contribution in [0.3, 0.4) is 0 Å². The molecule has 66 valence electrons. The van der Waals surface area contributed by atoms with Gasteiger partial charge in [-0.2, -0.15) is 0 Å². The van der Waals surface area contributed by atoms with Gasteiger partial charge in [0.25, 0.3) is 0 Å². The largest absolute Gasteiger partial charge is 0.373 e. The predicted octanol–water partition coefficient (Wildman–Crippen LogP) is 1.75. The fraction of sp³-hybridized carbons (Fsp3) is 0.500. The number of nitrogens with zero attached hydrogens (tertiary/aromatic N) is 1. The Morgan fingerprint density at radius 3 is 3.17 bits per heavy atom. The first kappa shape index (κ1) is 9.35. The van der Waals surface area contributed by atoms with Gasteiger partial charge in [0.05, 0.1) is 5.51 Å².